The van der Waals surface area contributed by atoms with Gasteiger partial charge in [-0.05, 0) is 36.1 Å². The molecular weight excluding hydrogens is 211 g/mol. The summed E-state index contributed by atoms with van der Waals surface area (Å²) in [5, 5.41) is 8.84. The molecule has 0 bridgehead atoms. The van der Waals surface area contributed by atoms with E-state index in [1.54, 1.807) is 6.07 Å². The van der Waals surface area contributed by atoms with E-state index >= 15 is 0 Å². The normalized spacial score (nSPS) is 23.6. The van der Waals surface area contributed by atoms with Gasteiger partial charge in [0, 0.05) is 6.42 Å². The molecule has 86 valence electrons. The van der Waals surface area contributed by atoms with Crippen LogP contribution < -0.4 is 4.74 Å². The number of halogens is 1. The summed E-state index contributed by atoms with van der Waals surface area (Å²) in [7, 11) is 1.53. The van der Waals surface area contributed by atoms with Gasteiger partial charge in [-0.25, -0.2) is 9.18 Å². The molecule has 0 radical (unpaired) electrons. The van der Waals surface area contributed by atoms with Crippen LogP contribution in [0, 0.1) is 0 Å². The molecule has 0 saturated carbocycles. The van der Waals surface area contributed by atoms with Crippen LogP contribution in [0.25, 0.3) is 0 Å². The second kappa shape index (κ2) is 3.77. The molecule has 16 heavy (non-hydrogen) atoms. The number of carboxylic acid groups (broad SMARTS) is 1. The zero-order valence-corrected chi connectivity index (χ0v) is 9.00. The lowest BCUT2D eigenvalue weighted by atomic mass is 9.81. The third-order valence-corrected chi connectivity index (χ3v) is 3.06. The van der Waals surface area contributed by atoms with E-state index in [9.17, 15) is 9.18 Å². The fourth-order valence-electron chi connectivity index (χ4n) is 2.04. The molecular formula is C12H13FO3. The van der Waals surface area contributed by atoms with Gasteiger partial charge in [0.1, 0.15) is 5.75 Å². The zero-order valence-electron chi connectivity index (χ0n) is 9.00. The van der Waals surface area contributed by atoms with Crippen LogP contribution in [0.1, 0.15) is 17.5 Å². The number of benzene rings is 1. The van der Waals surface area contributed by atoms with Crippen LogP contribution in [0.4, 0.5) is 4.39 Å². The summed E-state index contributed by atoms with van der Waals surface area (Å²) in [5.74, 6) is -0.741. The van der Waals surface area contributed by atoms with Crippen molar-refractivity contribution in [3.8, 4) is 5.75 Å². The molecule has 1 aliphatic carbocycles. The fraction of sp³-hybridized carbons (Fsp3) is 0.417. The minimum absolute atomic E-state index is 0.0433. The molecule has 0 amide bonds. The number of hydrogen-bond donors (Lipinski definition) is 1. The predicted molar refractivity (Wildman–Crippen MR) is 56.5 cm³/mol. The summed E-state index contributed by atoms with van der Waals surface area (Å²) >= 11 is 0. The third kappa shape index (κ3) is 1.75. The number of rotatable bonds is 2. The second-order valence-corrected chi connectivity index (χ2v) is 4.08. The second-order valence-electron chi connectivity index (χ2n) is 4.08. The van der Waals surface area contributed by atoms with E-state index < -0.39 is 11.6 Å². The van der Waals surface area contributed by atoms with Crippen molar-refractivity contribution in [2.24, 2.45) is 0 Å². The van der Waals surface area contributed by atoms with Crippen molar-refractivity contribution in [1.82, 2.24) is 0 Å². The van der Waals surface area contributed by atoms with Gasteiger partial charge in [-0.15, -0.1) is 0 Å². The highest BCUT2D eigenvalue weighted by atomic mass is 19.1. The van der Waals surface area contributed by atoms with E-state index in [1.807, 2.05) is 12.1 Å². The number of ether oxygens (including phenoxy) is 1. The molecule has 3 nitrogen and oxygen atoms in total. The molecule has 4 heteroatoms. The van der Waals surface area contributed by atoms with E-state index in [2.05, 4.69) is 0 Å². The first kappa shape index (κ1) is 10.9. The number of alkyl halides is 1. The lowest BCUT2D eigenvalue weighted by Gasteiger charge is -2.27. The molecule has 1 atom stereocenters. The van der Waals surface area contributed by atoms with E-state index in [0.717, 1.165) is 11.1 Å². The van der Waals surface area contributed by atoms with E-state index in [1.165, 1.54) is 7.11 Å². The fourth-order valence-corrected chi connectivity index (χ4v) is 2.04. The van der Waals surface area contributed by atoms with Crippen LogP contribution in [-0.2, 0) is 17.6 Å². The molecule has 0 aromatic heterocycles. The van der Waals surface area contributed by atoms with Gasteiger partial charge in [0.25, 0.3) is 0 Å². The van der Waals surface area contributed by atoms with Crippen molar-refractivity contribution in [3.05, 3.63) is 29.3 Å². The van der Waals surface area contributed by atoms with Gasteiger partial charge in [0.2, 0.25) is 5.67 Å². The molecule has 1 unspecified atom stereocenters. The number of carboxylic acids is 1. The summed E-state index contributed by atoms with van der Waals surface area (Å²) in [6, 6.07) is 5.40. The Hall–Kier alpha value is -1.58. The standard InChI is InChI=1S/C12H13FO3/c1-16-10-3-2-8-4-5-12(13,11(14)15)7-9(8)6-10/h2-3,6H,4-5,7H2,1H3,(H,14,15). The Morgan fingerprint density at radius 1 is 1.50 bits per heavy atom. The van der Waals surface area contributed by atoms with E-state index in [-0.39, 0.29) is 12.8 Å². The maximum atomic E-state index is 14.0. The molecule has 1 aromatic carbocycles. The number of hydrogen-bond acceptors (Lipinski definition) is 2. The number of fused-ring (bicyclic) bond motifs is 1. The molecule has 0 aliphatic heterocycles. The smallest absolute Gasteiger partial charge is 0.341 e. The number of aliphatic carboxylic acids is 1. The van der Waals surface area contributed by atoms with Crippen molar-refractivity contribution in [2.75, 3.05) is 7.11 Å². The van der Waals surface area contributed by atoms with Crippen molar-refractivity contribution in [1.29, 1.82) is 0 Å². The SMILES string of the molecule is COc1ccc2c(c1)CC(F)(C(=O)O)CC2. The van der Waals surface area contributed by atoms with E-state index in [4.69, 9.17) is 9.84 Å². The largest absolute Gasteiger partial charge is 0.497 e. The Kier molecular flexibility index (Phi) is 2.58. The minimum atomic E-state index is -2.13. The van der Waals surface area contributed by atoms with Gasteiger partial charge >= 0.3 is 5.97 Å². The lowest BCUT2D eigenvalue weighted by molar-refractivity contribution is -0.151. The molecule has 0 saturated heterocycles. The summed E-state index contributed by atoms with van der Waals surface area (Å²) in [6.45, 7) is 0. The topological polar surface area (TPSA) is 46.5 Å². The first-order valence-electron chi connectivity index (χ1n) is 5.13. The van der Waals surface area contributed by atoms with Crippen LogP contribution in [0.5, 0.6) is 5.75 Å². The Balaban J connectivity index is 2.35. The zero-order chi connectivity index (χ0) is 11.8. The first-order chi connectivity index (χ1) is 7.55. The predicted octanol–water partition coefficient (Wildman–Crippen LogP) is 1.98. The van der Waals surface area contributed by atoms with Crippen LogP contribution in [0.3, 0.4) is 0 Å². The number of carbonyl (C=O) groups is 1. The van der Waals surface area contributed by atoms with Crippen LogP contribution in [-0.4, -0.2) is 23.9 Å². The highest BCUT2D eigenvalue weighted by Crippen LogP contribution is 2.33. The van der Waals surface area contributed by atoms with Crippen molar-refractivity contribution >= 4 is 5.97 Å². The van der Waals surface area contributed by atoms with E-state index in [0.29, 0.717) is 12.2 Å². The summed E-state index contributed by atoms with van der Waals surface area (Å²) in [4.78, 5) is 10.8. The number of aryl methyl sites for hydroxylation is 1. The molecule has 1 N–H and O–H groups in total. The summed E-state index contributed by atoms with van der Waals surface area (Å²) < 4.78 is 19.0. The maximum absolute atomic E-state index is 14.0. The molecule has 2 rings (SSSR count). The highest BCUT2D eigenvalue weighted by molar-refractivity contribution is 5.78. The lowest BCUT2D eigenvalue weighted by Crippen LogP contribution is -2.39. The van der Waals surface area contributed by atoms with Crippen LogP contribution in [0.2, 0.25) is 0 Å². The van der Waals surface area contributed by atoms with Crippen molar-refractivity contribution < 1.29 is 19.0 Å². The average molecular weight is 224 g/mol. The molecule has 0 fully saturated rings. The Morgan fingerprint density at radius 2 is 2.25 bits per heavy atom. The molecule has 1 aromatic rings. The Labute approximate surface area is 92.9 Å². The average Bonchev–Trinajstić information content (AvgIpc) is 2.27. The third-order valence-electron chi connectivity index (χ3n) is 3.06. The summed E-state index contributed by atoms with van der Waals surface area (Å²) in [5.41, 5.74) is -0.384. The first-order valence-corrected chi connectivity index (χ1v) is 5.13. The van der Waals surface area contributed by atoms with Crippen molar-refractivity contribution in [3.63, 3.8) is 0 Å². The minimum Gasteiger partial charge on any atom is -0.497 e. The molecule has 1 aliphatic rings. The molecule has 0 spiro atoms. The maximum Gasteiger partial charge on any atom is 0.341 e. The number of methoxy groups -OCH3 is 1. The Morgan fingerprint density at radius 3 is 2.88 bits per heavy atom. The monoisotopic (exact) mass is 224 g/mol. The van der Waals surface area contributed by atoms with Gasteiger partial charge in [-0.3, -0.25) is 0 Å². The van der Waals surface area contributed by atoms with Gasteiger partial charge in [0.05, 0.1) is 7.11 Å². The van der Waals surface area contributed by atoms with Crippen LogP contribution in [0.15, 0.2) is 18.2 Å². The van der Waals surface area contributed by atoms with Gasteiger partial charge in [-0.1, -0.05) is 6.07 Å². The van der Waals surface area contributed by atoms with Gasteiger partial charge in [0.15, 0.2) is 0 Å². The summed E-state index contributed by atoms with van der Waals surface area (Å²) in [6.07, 6.45) is 0.429. The van der Waals surface area contributed by atoms with Gasteiger partial charge in [-0.2, -0.15) is 0 Å². The Bertz CT molecular complexity index is 430. The van der Waals surface area contributed by atoms with Gasteiger partial charge < -0.3 is 9.84 Å². The van der Waals surface area contributed by atoms with Crippen LogP contribution >= 0.6 is 0 Å². The highest BCUT2D eigenvalue weighted by Gasteiger charge is 2.41. The quantitative estimate of drug-likeness (QED) is 0.835. The molecule has 0 heterocycles. The van der Waals surface area contributed by atoms with Crippen molar-refractivity contribution in [2.45, 2.75) is 24.9 Å².